The number of unbranched alkanes of at least 4 members (excludes halogenated alkanes) is 14. The number of hydrogen-bond donors (Lipinski definition) is 3. The molecule has 2 atom stereocenters. The van der Waals surface area contributed by atoms with E-state index in [2.05, 4.69) is 6.92 Å². The SMILES string of the molecule is CC(O)C(=O)O.CCCCCCCCCCCCCCCCC[C](=O)[Ca][C](=O)C(C)O. The molecule has 0 aliphatic rings. The molecular formula is C24H46CaO6. The first kappa shape index (κ1) is 33.2. The molecular weight excluding hydrogens is 424 g/mol. The van der Waals surface area contributed by atoms with Gasteiger partial charge in [0.1, 0.15) is 6.10 Å². The van der Waals surface area contributed by atoms with Crippen molar-refractivity contribution in [3.05, 3.63) is 0 Å². The van der Waals surface area contributed by atoms with E-state index in [4.69, 9.17) is 15.3 Å². The average Bonchev–Trinajstić information content (AvgIpc) is 2.71. The predicted molar refractivity (Wildman–Crippen MR) is 126 cm³/mol. The zero-order valence-electron chi connectivity index (χ0n) is 20.2. The summed E-state index contributed by atoms with van der Waals surface area (Å²) in [5.74, 6) is -1.19. The van der Waals surface area contributed by atoms with Crippen molar-refractivity contribution in [1.29, 1.82) is 0 Å². The van der Waals surface area contributed by atoms with Gasteiger partial charge in [-0.25, -0.2) is 4.79 Å². The van der Waals surface area contributed by atoms with Crippen LogP contribution in [0.4, 0.5) is 0 Å². The Morgan fingerprint density at radius 1 is 0.645 bits per heavy atom. The van der Waals surface area contributed by atoms with E-state index in [0.717, 1.165) is 12.8 Å². The maximum absolute atomic E-state index is 11.6. The van der Waals surface area contributed by atoms with Gasteiger partial charge in [0.2, 0.25) is 0 Å². The minimum absolute atomic E-state index is 0.160. The molecule has 0 radical (unpaired) electrons. The van der Waals surface area contributed by atoms with Crippen LogP contribution in [0.15, 0.2) is 0 Å². The van der Waals surface area contributed by atoms with Crippen molar-refractivity contribution in [1.82, 2.24) is 0 Å². The molecule has 0 heterocycles. The van der Waals surface area contributed by atoms with E-state index < -0.39 is 52.0 Å². The third-order valence-electron chi connectivity index (χ3n) is 5.25. The van der Waals surface area contributed by atoms with Gasteiger partial charge in [-0.2, -0.15) is 0 Å². The van der Waals surface area contributed by atoms with E-state index >= 15 is 0 Å². The van der Waals surface area contributed by atoms with Crippen LogP contribution in [0, 0.1) is 0 Å². The molecule has 0 rings (SSSR count). The molecule has 0 saturated heterocycles. The van der Waals surface area contributed by atoms with E-state index in [1.807, 2.05) is 0 Å². The summed E-state index contributed by atoms with van der Waals surface area (Å²) >= 11 is -1.83. The molecule has 3 N–H and O–H groups in total. The molecule has 180 valence electrons. The predicted octanol–water partition coefficient (Wildman–Crippen LogP) is 4.84. The first-order chi connectivity index (χ1) is 14.7. The summed E-state index contributed by atoms with van der Waals surface area (Å²) < 4.78 is -0.00782. The van der Waals surface area contributed by atoms with Crippen molar-refractivity contribution in [2.24, 2.45) is 0 Å². The summed E-state index contributed by atoms with van der Waals surface area (Å²) in [6.45, 7) is 4.93. The Labute approximate surface area is 207 Å². The molecule has 0 aromatic rings. The molecule has 0 bridgehead atoms. The number of aliphatic carboxylic acids is 1. The number of hydrogen-bond acceptors (Lipinski definition) is 5. The molecule has 2 unspecified atom stereocenters. The first-order valence-corrected chi connectivity index (χ1v) is 14.6. The third kappa shape index (κ3) is 28.0. The van der Waals surface area contributed by atoms with E-state index in [9.17, 15) is 14.4 Å². The summed E-state index contributed by atoms with van der Waals surface area (Å²) in [5, 5.41) is 24.9. The van der Waals surface area contributed by atoms with Crippen molar-refractivity contribution < 1.29 is 29.7 Å². The van der Waals surface area contributed by atoms with Gasteiger partial charge in [-0.3, -0.25) is 0 Å². The molecule has 0 fully saturated rings. The molecule has 0 aliphatic carbocycles. The van der Waals surface area contributed by atoms with Crippen LogP contribution in [-0.4, -0.2) is 71.1 Å². The standard InChI is InChI=1S/C18H35O.C3H6O3.C3H5O2.Ca/c1-2-3-4-5-6-7-8-9-10-11-12-13-14-15-16-17-18-19;1-2(4)3(5)6;1-3(5)2-4;/h2-17H2,1H3;2,4H,1H3,(H,5,6);3,5H,1H3;. The van der Waals surface area contributed by atoms with Crippen molar-refractivity contribution in [3.63, 3.8) is 0 Å². The minimum atomic E-state index is -1.83. The molecule has 0 aliphatic heterocycles. The van der Waals surface area contributed by atoms with E-state index in [1.165, 1.54) is 97.3 Å². The fourth-order valence-corrected chi connectivity index (χ4v) is 4.86. The van der Waals surface area contributed by atoms with Crippen LogP contribution in [0.2, 0.25) is 0 Å². The monoisotopic (exact) mass is 470 g/mol. The van der Waals surface area contributed by atoms with Crippen molar-refractivity contribution in [2.45, 2.75) is 136 Å². The number of carboxylic acid groups (broad SMARTS) is 1. The van der Waals surface area contributed by atoms with Crippen LogP contribution >= 0.6 is 0 Å². The summed E-state index contributed by atoms with van der Waals surface area (Å²) in [6.07, 6.45) is 18.2. The Hall–Kier alpha value is -0.0103. The van der Waals surface area contributed by atoms with Crippen molar-refractivity contribution >= 4 is 43.6 Å². The number of carbonyl (C=O) groups is 3. The van der Waals surface area contributed by atoms with E-state index in [-0.39, 0.29) is 3.76 Å². The number of aliphatic hydroxyl groups excluding tert-OH is 2. The number of carboxylic acids is 1. The van der Waals surface area contributed by atoms with Gasteiger partial charge < -0.3 is 10.2 Å². The van der Waals surface area contributed by atoms with Crippen molar-refractivity contribution in [3.8, 4) is 0 Å². The second kappa shape index (κ2) is 24.6. The summed E-state index contributed by atoms with van der Waals surface area (Å²) in [5.41, 5.74) is 0. The Bertz CT molecular complexity index is 451. The van der Waals surface area contributed by atoms with Gasteiger partial charge in [0.15, 0.2) is 0 Å². The third-order valence-corrected chi connectivity index (χ3v) is 7.89. The van der Waals surface area contributed by atoms with Crippen LogP contribution in [-0.2, 0) is 14.4 Å². The van der Waals surface area contributed by atoms with Crippen LogP contribution in [0.5, 0.6) is 0 Å². The molecule has 0 aromatic carbocycles. The van der Waals surface area contributed by atoms with Gasteiger partial charge in [-0.15, -0.1) is 0 Å². The van der Waals surface area contributed by atoms with Crippen LogP contribution in [0.1, 0.15) is 124 Å². The summed E-state index contributed by atoms with van der Waals surface area (Å²) in [4.78, 5) is 32.4. The zero-order valence-corrected chi connectivity index (χ0v) is 22.5. The Kier molecular flexibility index (Phi) is 26.3. The molecule has 0 aromatic heterocycles. The molecule has 7 heteroatoms. The fraction of sp³-hybridized carbons (Fsp3) is 0.875. The zero-order chi connectivity index (χ0) is 23.9. The number of aliphatic hydroxyl groups is 2. The topological polar surface area (TPSA) is 112 Å². The molecule has 0 saturated carbocycles. The Balaban J connectivity index is 0. The molecule has 31 heavy (non-hydrogen) atoms. The van der Waals surface area contributed by atoms with Gasteiger partial charge in [0.05, 0.1) is 0 Å². The molecule has 0 spiro atoms. The number of rotatable bonds is 20. The van der Waals surface area contributed by atoms with Crippen molar-refractivity contribution in [2.75, 3.05) is 0 Å². The van der Waals surface area contributed by atoms with Gasteiger partial charge in [-0.05, 0) is 6.92 Å². The quantitative estimate of drug-likeness (QED) is 0.173. The van der Waals surface area contributed by atoms with E-state index in [1.54, 1.807) is 0 Å². The first-order valence-electron chi connectivity index (χ1n) is 12.4. The van der Waals surface area contributed by atoms with E-state index in [0.29, 0.717) is 6.42 Å². The second-order valence-corrected chi connectivity index (χ2v) is 11.4. The fourth-order valence-electron chi connectivity index (χ4n) is 3.12. The number of carbonyl (C=O) groups excluding carboxylic acids is 2. The van der Waals surface area contributed by atoms with Crippen LogP contribution in [0.3, 0.4) is 0 Å². The van der Waals surface area contributed by atoms with Gasteiger partial charge in [0.25, 0.3) is 0 Å². The second-order valence-electron chi connectivity index (χ2n) is 8.57. The summed E-state index contributed by atoms with van der Waals surface area (Å²) in [7, 11) is 0. The molecule has 0 amide bonds. The average molecular weight is 471 g/mol. The van der Waals surface area contributed by atoms with Crippen LogP contribution < -0.4 is 0 Å². The van der Waals surface area contributed by atoms with Gasteiger partial charge in [-0.1, -0.05) is 39.0 Å². The Morgan fingerprint density at radius 2 is 0.968 bits per heavy atom. The van der Waals surface area contributed by atoms with Crippen LogP contribution in [0.25, 0.3) is 0 Å². The normalized spacial score (nSPS) is 12.3. The Morgan fingerprint density at radius 3 is 1.26 bits per heavy atom. The maximum atomic E-state index is 11.6. The van der Waals surface area contributed by atoms with Gasteiger partial charge in [0, 0.05) is 0 Å². The summed E-state index contributed by atoms with van der Waals surface area (Å²) in [6, 6.07) is 0. The molecule has 6 nitrogen and oxygen atoms in total. The van der Waals surface area contributed by atoms with Gasteiger partial charge >= 0.3 is 142 Å².